The Morgan fingerprint density at radius 3 is 2.39 bits per heavy atom. The number of hydrogen-bond acceptors (Lipinski definition) is 10. The van der Waals surface area contributed by atoms with Crippen molar-refractivity contribution in [1.82, 2.24) is 0 Å². The van der Waals surface area contributed by atoms with E-state index in [9.17, 15) is 19.2 Å². The Labute approximate surface area is 208 Å². The summed E-state index contributed by atoms with van der Waals surface area (Å²) in [5, 5.41) is 0. The van der Waals surface area contributed by atoms with Gasteiger partial charge in [-0.3, -0.25) is 19.2 Å². The number of carbonyl (C=O) groups excluding carboxylic acids is 4. The molecule has 1 aromatic heterocycles. The number of hydrogen-bond donors (Lipinski definition) is 0. The van der Waals surface area contributed by atoms with Gasteiger partial charge in [0.2, 0.25) is 6.29 Å². The molecular formula is C26H32O10. The number of Topliss-reactive ketones (excluding diaryl/α,β-unsaturated/α-hetero) is 1. The molecule has 0 N–H and O–H groups in total. The molecule has 10 heteroatoms. The Bertz CT molecular complexity index is 1060. The first kappa shape index (κ1) is 25.0. The van der Waals surface area contributed by atoms with Crippen LogP contribution in [0.15, 0.2) is 23.0 Å². The fraction of sp³-hybridized carbons (Fsp3) is 0.692. The molecule has 3 heterocycles. The standard InChI is InChI=1S/C26H32O10/c1-14-9-21(30)25(12-32-15(2)27)20(5-6-22(34-16(3)28)26(25)13-33-26)24(14)10-19(18-7-8-31-11-18)36-23(24)35-17(4)29/h7-8,11,14,19-20,22-23H,5-6,9-10,12-13H2,1-4H3/t14-,19+,20-,22+,23+,24-,25+,26-/m1/s1. The van der Waals surface area contributed by atoms with Crippen LogP contribution >= 0.6 is 0 Å². The molecule has 4 fully saturated rings. The minimum atomic E-state index is -1.28. The Morgan fingerprint density at radius 1 is 1.08 bits per heavy atom. The monoisotopic (exact) mass is 504 g/mol. The molecular weight excluding hydrogens is 472 g/mol. The lowest BCUT2D eigenvalue weighted by molar-refractivity contribution is -0.244. The molecule has 8 atom stereocenters. The van der Waals surface area contributed by atoms with Crippen LogP contribution < -0.4 is 0 Å². The molecule has 196 valence electrons. The number of rotatable bonds is 5. The maximum absolute atomic E-state index is 14.1. The fourth-order valence-corrected chi connectivity index (χ4v) is 7.35. The van der Waals surface area contributed by atoms with Crippen molar-refractivity contribution in [2.45, 2.75) is 77.5 Å². The summed E-state index contributed by atoms with van der Waals surface area (Å²) >= 11 is 0. The number of carbonyl (C=O) groups is 4. The Morgan fingerprint density at radius 2 is 1.81 bits per heavy atom. The Hall–Kier alpha value is -2.72. The van der Waals surface area contributed by atoms with Crippen LogP contribution in [0.2, 0.25) is 0 Å². The van der Waals surface area contributed by atoms with Crippen LogP contribution in [-0.4, -0.2) is 54.9 Å². The maximum atomic E-state index is 14.1. The molecule has 2 saturated heterocycles. The summed E-state index contributed by atoms with van der Waals surface area (Å²) in [7, 11) is 0. The van der Waals surface area contributed by atoms with Gasteiger partial charge in [0.15, 0.2) is 0 Å². The van der Waals surface area contributed by atoms with Gasteiger partial charge in [0.05, 0.1) is 25.2 Å². The lowest BCUT2D eigenvalue weighted by Crippen LogP contribution is -2.70. The number of ketones is 1. The van der Waals surface area contributed by atoms with Crippen LogP contribution in [0.1, 0.15) is 65.0 Å². The van der Waals surface area contributed by atoms with Gasteiger partial charge in [-0.25, -0.2) is 0 Å². The van der Waals surface area contributed by atoms with Gasteiger partial charge in [-0.05, 0) is 37.2 Å². The predicted octanol–water partition coefficient (Wildman–Crippen LogP) is 2.89. The van der Waals surface area contributed by atoms with Gasteiger partial charge in [0, 0.05) is 38.2 Å². The second kappa shape index (κ2) is 8.69. The lowest BCUT2D eigenvalue weighted by Gasteiger charge is -2.60. The molecule has 2 saturated carbocycles. The van der Waals surface area contributed by atoms with E-state index in [0.29, 0.717) is 19.3 Å². The highest BCUT2D eigenvalue weighted by Gasteiger charge is 2.81. The number of ether oxygens (including phenoxy) is 5. The summed E-state index contributed by atoms with van der Waals surface area (Å²) in [6, 6.07) is 1.81. The van der Waals surface area contributed by atoms with Crippen molar-refractivity contribution < 1.29 is 47.3 Å². The average Bonchev–Trinajstić information content (AvgIpc) is 3.23. The molecule has 4 aliphatic rings. The number of epoxide rings is 1. The smallest absolute Gasteiger partial charge is 0.304 e. The molecule has 0 unspecified atom stereocenters. The first-order chi connectivity index (χ1) is 17.1. The number of furan rings is 1. The van der Waals surface area contributed by atoms with Crippen molar-refractivity contribution in [1.29, 1.82) is 0 Å². The van der Waals surface area contributed by atoms with E-state index in [1.54, 1.807) is 12.5 Å². The molecule has 0 radical (unpaired) electrons. The molecule has 10 nitrogen and oxygen atoms in total. The molecule has 1 aromatic rings. The second-order valence-corrected chi connectivity index (χ2v) is 10.6. The summed E-state index contributed by atoms with van der Waals surface area (Å²) in [5.74, 6) is -2.21. The van der Waals surface area contributed by atoms with E-state index in [1.807, 2.05) is 13.0 Å². The van der Waals surface area contributed by atoms with Crippen LogP contribution in [0.25, 0.3) is 0 Å². The highest BCUT2D eigenvalue weighted by atomic mass is 16.7. The van der Waals surface area contributed by atoms with Gasteiger partial charge in [-0.15, -0.1) is 0 Å². The molecule has 2 spiro atoms. The van der Waals surface area contributed by atoms with E-state index in [1.165, 1.54) is 20.8 Å². The third-order valence-electron chi connectivity index (χ3n) is 8.86. The normalized spacial score (nSPS) is 41.1. The van der Waals surface area contributed by atoms with E-state index in [-0.39, 0.29) is 31.3 Å². The first-order valence-corrected chi connectivity index (χ1v) is 12.4. The third-order valence-corrected chi connectivity index (χ3v) is 8.86. The SMILES string of the molecule is CC(=O)OC[C@@]12C(=O)C[C@@H](C)[C@]3(C[C@@H](c4ccoc4)O[C@@H]3OC(C)=O)[C@H]1CC[C@H](OC(C)=O)[C@]21CO1. The molecule has 0 aromatic carbocycles. The van der Waals surface area contributed by atoms with Crippen molar-refractivity contribution in [2.24, 2.45) is 22.7 Å². The summed E-state index contributed by atoms with van der Waals surface area (Å²) in [6.07, 6.45) is 2.70. The minimum absolute atomic E-state index is 0.102. The number of fused-ring (bicyclic) bond motifs is 3. The highest BCUT2D eigenvalue weighted by Crippen LogP contribution is 2.71. The van der Waals surface area contributed by atoms with E-state index < -0.39 is 58.8 Å². The quantitative estimate of drug-likeness (QED) is 0.335. The van der Waals surface area contributed by atoms with Crippen LogP contribution in [-0.2, 0) is 42.9 Å². The van der Waals surface area contributed by atoms with E-state index in [4.69, 9.17) is 28.1 Å². The maximum Gasteiger partial charge on any atom is 0.304 e. The minimum Gasteiger partial charge on any atom is -0.472 e. The lowest BCUT2D eigenvalue weighted by atomic mass is 9.42. The molecule has 0 bridgehead atoms. The van der Waals surface area contributed by atoms with Crippen LogP contribution in [0.5, 0.6) is 0 Å². The van der Waals surface area contributed by atoms with E-state index in [0.717, 1.165) is 5.56 Å². The molecule has 5 rings (SSSR count). The summed E-state index contributed by atoms with van der Waals surface area (Å²) in [5.41, 5.74) is -2.36. The van der Waals surface area contributed by atoms with Gasteiger partial charge in [0.25, 0.3) is 0 Å². The van der Waals surface area contributed by atoms with Crippen molar-refractivity contribution in [3.8, 4) is 0 Å². The summed E-state index contributed by atoms with van der Waals surface area (Å²) in [6.45, 7) is 5.91. The third kappa shape index (κ3) is 3.52. The van der Waals surface area contributed by atoms with Crippen molar-refractivity contribution in [3.05, 3.63) is 24.2 Å². The van der Waals surface area contributed by atoms with Crippen LogP contribution in [0, 0.1) is 22.7 Å². The van der Waals surface area contributed by atoms with E-state index in [2.05, 4.69) is 0 Å². The fourth-order valence-electron chi connectivity index (χ4n) is 7.35. The molecule has 2 aliphatic heterocycles. The molecule has 2 aliphatic carbocycles. The van der Waals surface area contributed by atoms with Gasteiger partial charge < -0.3 is 28.1 Å². The van der Waals surface area contributed by atoms with Gasteiger partial charge >= 0.3 is 17.9 Å². The van der Waals surface area contributed by atoms with Crippen LogP contribution in [0.4, 0.5) is 0 Å². The van der Waals surface area contributed by atoms with Crippen molar-refractivity contribution in [3.63, 3.8) is 0 Å². The van der Waals surface area contributed by atoms with E-state index >= 15 is 0 Å². The summed E-state index contributed by atoms with van der Waals surface area (Å²) in [4.78, 5) is 50.2. The van der Waals surface area contributed by atoms with Crippen LogP contribution in [0.3, 0.4) is 0 Å². The Balaban J connectivity index is 1.65. The largest absolute Gasteiger partial charge is 0.472 e. The van der Waals surface area contributed by atoms with Crippen molar-refractivity contribution in [2.75, 3.05) is 13.2 Å². The van der Waals surface area contributed by atoms with Gasteiger partial charge in [-0.2, -0.15) is 0 Å². The van der Waals surface area contributed by atoms with Gasteiger partial charge in [-0.1, -0.05) is 6.92 Å². The predicted molar refractivity (Wildman–Crippen MR) is 120 cm³/mol. The topological polar surface area (TPSA) is 131 Å². The first-order valence-electron chi connectivity index (χ1n) is 12.4. The van der Waals surface area contributed by atoms with Crippen molar-refractivity contribution >= 4 is 23.7 Å². The zero-order valence-corrected chi connectivity index (χ0v) is 20.9. The average molecular weight is 505 g/mol. The zero-order chi connectivity index (χ0) is 25.9. The number of esters is 3. The summed E-state index contributed by atoms with van der Waals surface area (Å²) < 4.78 is 34.7. The second-order valence-electron chi connectivity index (χ2n) is 10.6. The van der Waals surface area contributed by atoms with Gasteiger partial charge in [0.1, 0.15) is 29.5 Å². The molecule has 0 amide bonds. The molecule has 36 heavy (non-hydrogen) atoms. The zero-order valence-electron chi connectivity index (χ0n) is 20.9. The highest BCUT2D eigenvalue weighted by molar-refractivity contribution is 5.89. The Kier molecular flexibility index (Phi) is 6.02.